The first-order chi connectivity index (χ1) is 8.93. The van der Waals surface area contributed by atoms with Gasteiger partial charge >= 0.3 is 0 Å². The molecular weight excluding hydrogens is 266 g/mol. The molecule has 1 saturated heterocycles. The van der Waals surface area contributed by atoms with Crippen molar-refractivity contribution in [3.63, 3.8) is 0 Å². The topological polar surface area (TPSA) is 103 Å². The van der Waals surface area contributed by atoms with Crippen LogP contribution >= 0.6 is 0 Å². The van der Waals surface area contributed by atoms with E-state index in [0.717, 1.165) is 0 Å². The first-order valence-corrected chi connectivity index (χ1v) is 7.63. The van der Waals surface area contributed by atoms with Gasteiger partial charge < -0.3 is 10.6 Å². The number of hydrogen-bond donors (Lipinski definition) is 1. The molecule has 0 aliphatic carbocycles. The molecule has 1 aromatic rings. The molecule has 1 aromatic heterocycles. The summed E-state index contributed by atoms with van der Waals surface area (Å²) in [5.74, 6) is 0.548. The molecule has 7 nitrogen and oxygen atoms in total. The van der Waals surface area contributed by atoms with E-state index in [9.17, 15) is 8.42 Å². The van der Waals surface area contributed by atoms with Gasteiger partial charge in [-0.1, -0.05) is 0 Å². The van der Waals surface area contributed by atoms with Crippen molar-refractivity contribution in [2.75, 3.05) is 43.1 Å². The van der Waals surface area contributed by atoms with Crippen LogP contribution in [0, 0.1) is 11.3 Å². The second-order valence-electron chi connectivity index (χ2n) is 4.36. The summed E-state index contributed by atoms with van der Waals surface area (Å²) in [5.41, 5.74) is 6.62. The first-order valence-electron chi connectivity index (χ1n) is 5.78. The number of nitrogen functional groups attached to an aromatic ring is 1. The van der Waals surface area contributed by atoms with Crippen molar-refractivity contribution in [1.82, 2.24) is 9.29 Å². The molecule has 0 atom stereocenters. The van der Waals surface area contributed by atoms with Gasteiger partial charge in [-0.25, -0.2) is 13.4 Å². The van der Waals surface area contributed by atoms with Crippen LogP contribution < -0.4 is 10.6 Å². The van der Waals surface area contributed by atoms with Gasteiger partial charge in [0.1, 0.15) is 6.07 Å². The van der Waals surface area contributed by atoms with Gasteiger partial charge in [-0.2, -0.15) is 9.57 Å². The van der Waals surface area contributed by atoms with Gasteiger partial charge in [0.25, 0.3) is 0 Å². The van der Waals surface area contributed by atoms with E-state index in [2.05, 4.69) is 4.98 Å². The summed E-state index contributed by atoms with van der Waals surface area (Å²) in [6.07, 6.45) is 2.73. The molecule has 0 spiro atoms. The van der Waals surface area contributed by atoms with Crippen LogP contribution in [-0.2, 0) is 10.0 Å². The minimum absolute atomic E-state index is 0.345. The van der Waals surface area contributed by atoms with Crippen LogP contribution in [0.15, 0.2) is 12.3 Å². The predicted octanol–water partition coefficient (Wildman–Crippen LogP) is -0.383. The Labute approximate surface area is 112 Å². The number of rotatable bonds is 2. The zero-order valence-corrected chi connectivity index (χ0v) is 11.4. The third-order valence-corrected chi connectivity index (χ3v) is 4.40. The standard InChI is InChI=1S/C11H15N5O2S/c1-19(17,18)16-6-4-15(5-7-16)11-10(13)9(8-12)2-3-14-11/h2-3H,4-7,13H2,1H3. The number of nitriles is 1. The van der Waals surface area contributed by atoms with E-state index in [1.165, 1.54) is 16.8 Å². The van der Waals surface area contributed by atoms with E-state index >= 15 is 0 Å². The Morgan fingerprint density at radius 2 is 2.00 bits per heavy atom. The molecule has 0 amide bonds. The molecule has 2 heterocycles. The minimum atomic E-state index is -3.15. The maximum atomic E-state index is 11.4. The Kier molecular flexibility index (Phi) is 3.59. The highest BCUT2D eigenvalue weighted by molar-refractivity contribution is 7.88. The zero-order valence-electron chi connectivity index (χ0n) is 10.6. The van der Waals surface area contributed by atoms with Crippen LogP contribution in [0.25, 0.3) is 0 Å². The molecule has 19 heavy (non-hydrogen) atoms. The lowest BCUT2D eigenvalue weighted by atomic mass is 10.2. The molecule has 0 bridgehead atoms. The molecule has 0 saturated carbocycles. The molecule has 2 N–H and O–H groups in total. The predicted molar refractivity (Wildman–Crippen MR) is 72.0 cm³/mol. The first kappa shape index (κ1) is 13.6. The van der Waals surface area contributed by atoms with Gasteiger partial charge in [0, 0.05) is 32.4 Å². The number of hydrogen-bond acceptors (Lipinski definition) is 6. The largest absolute Gasteiger partial charge is 0.395 e. The van der Waals surface area contributed by atoms with Crippen LogP contribution in [0.3, 0.4) is 0 Å². The molecular formula is C11H15N5O2S. The smallest absolute Gasteiger partial charge is 0.211 e. The second kappa shape index (κ2) is 5.03. The fourth-order valence-corrected chi connectivity index (χ4v) is 2.87. The summed E-state index contributed by atoms with van der Waals surface area (Å²) in [5, 5.41) is 8.93. The molecule has 1 fully saturated rings. The fourth-order valence-electron chi connectivity index (χ4n) is 2.04. The summed E-state index contributed by atoms with van der Waals surface area (Å²) in [6.45, 7) is 1.83. The lowest BCUT2D eigenvalue weighted by molar-refractivity contribution is 0.387. The second-order valence-corrected chi connectivity index (χ2v) is 6.34. The van der Waals surface area contributed by atoms with E-state index in [0.29, 0.717) is 43.2 Å². The van der Waals surface area contributed by atoms with Crippen LogP contribution in [-0.4, -0.2) is 50.1 Å². The third-order valence-electron chi connectivity index (χ3n) is 3.10. The number of nitrogens with zero attached hydrogens (tertiary/aromatic N) is 4. The van der Waals surface area contributed by atoms with Crippen molar-refractivity contribution in [2.45, 2.75) is 0 Å². The van der Waals surface area contributed by atoms with E-state index in [-0.39, 0.29) is 0 Å². The SMILES string of the molecule is CS(=O)(=O)N1CCN(c2nccc(C#N)c2N)CC1. The Balaban J connectivity index is 2.17. The highest BCUT2D eigenvalue weighted by Crippen LogP contribution is 2.24. The Hall–Kier alpha value is -1.85. The van der Waals surface area contributed by atoms with Crippen LogP contribution in [0.1, 0.15) is 5.56 Å². The molecule has 2 rings (SSSR count). The Morgan fingerprint density at radius 1 is 1.37 bits per heavy atom. The highest BCUT2D eigenvalue weighted by atomic mass is 32.2. The number of piperazine rings is 1. The summed E-state index contributed by atoms with van der Waals surface area (Å²) in [4.78, 5) is 6.08. The lowest BCUT2D eigenvalue weighted by Gasteiger charge is -2.34. The molecule has 0 aromatic carbocycles. The summed E-state index contributed by atoms with van der Waals surface area (Å²) < 4.78 is 24.3. The Morgan fingerprint density at radius 3 is 2.53 bits per heavy atom. The molecule has 1 aliphatic heterocycles. The molecule has 8 heteroatoms. The van der Waals surface area contributed by atoms with Crippen molar-refractivity contribution in [1.29, 1.82) is 5.26 Å². The number of nitrogens with two attached hydrogens (primary N) is 1. The number of aromatic nitrogens is 1. The van der Waals surface area contributed by atoms with Gasteiger partial charge in [-0.05, 0) is 6.07 Å². The maximum absolute atomic E-state index is 11.4. The monoisotopic (exact) mass is 281 g/mol. The van der Waals surface area contributed by atoms with E-state index in [1.807, 2.05) is 11.0 Å². The van der Waals surface area contributed by atoms with Gasteiger partial charge in [0.2, 0.25) is 10.0 Å². The van der Waals surface area contributed by atoms with Crippen molar-refractivity contribution in [3.05, 3.63) is 17.8 Å². The molecule has 0 radical (unpaired) electrons. The minimum Gasteiger partial charge on any atom is -0.395 e. The summed E-state index contributed by atoms with van der Waals surface area (Å²) in [7, 11) is -3.15. The van der Waals surface area contributed by atoms with Crippen LogP contribution in [0.2, 0.25) is 0 Å². The number of sulfonamides is 1. The van der Waals surface area contributed by atoms with E-state index in [4.69, 9.17) is 11.0 Å². The summed E-state index contributed by atoms with van der Waals surface area (Å²) in [6, 6.07) is 3.57. The average Bonchev–Trinajstić information content (AvgIpc) is 2.38. The normalized spacial score (nSPS) is 17.2. The quantitative estimate of drug-likeness (QED) is 0.792. The van der Waals surface area contributed by atoms with Gasteiger partial charge in [-0.3, -0.25) is 0 Å². The number of pyridine rings is 1. The van der Waals surface area contributed by atoms with Crippen molar-refractivity contribution in [2.24, 2.45) is 0 Å². The maximum Gasteiger partial charge on any atom is 0.211 e. The number of anilines is 2. The zero-order chi connectivity index (χ0) is 14.0. The summed E-state index contributed by atoms with van der Waals surface area (Å²) >= 11 is 0. The highest BCUT2D eigenvalue weighted by Gasteiger charge is 2.25. The van der Waals surface area contributed by atoms with Crippen LogP contribution in [0.5, 0.6) is 0 Å². The van der Waals surface area contributed by atoms with Crippen molar-refractivity contribution >= 4 is 21.5 Å². The van der Waals surface area contributed by atoms with Gasteiger partial charge in [0.15, 0.2) is 5.82 Å². The van der Waals surface area contributed by atoms with Crippen LogP contribution in [0.4, 0.5) is 11.5 Å². The van der Waals surface area contributed by atoms with Crippen molar-refractivity contribution in [3.8, 4) is 6.07 Å². The molecule has 1 aliphatic rings. The lowest BCUT2D eigenvalue weighted by Crippen LogP contribution is -2.48. The Bertz CT molecular complexity index is 614. The molecule has 102 valence electrons. The molecule has 0 unspecified atom stereocenters. The fraction of sp³-hybridized carbons (Fsp3) is 0.455. The van der Waals surface area contributed by atoms with Gasteiger partial charge in [0.05, 0.1) is 17.5 Å². The third kappa shape index (κ3) is 2.77. The van der Waals surface area contributed by atoms with Crippen molar-refractivity contribution < 1.29 is 8.42 Å². The van der Waals surface area contributed by atoms with Gasteiger partial charge in [-0.15, -0.1) is 0 Å². The van der Waals surface area contributed by atoms with E-state index in [1.54, 1.807) is 6.07 Å². The average molecular weight is 281 g/mol. The van der Waals surface area contributed by atoms with E-state index < -0.39 is 10.0 Å².